The van der Waals surface area contributed by atoms with Gasteiger partial charge in [-0.05, 0) is 48.9 Å². The third kappa shape index (κ3) is 4.43. The second kappa shape index (κ2) is 9.59. The van der Waals surface area contributed by atoms with Crippen LogP contribution in [0.2, 0.25) is 0 Å². The van der Waals surface area contributed by atoms with E-state index in [2.05, 4.69) is 55.4 Å². The van der Waals surface area contributed by atoms with E-state index in [1.165, 1.54) is 5.56 Å². The van der Waals surface area contributed by atoms with E-state index in [4.69, 9.17) is 9.26 Å². The van der Waals surface area contributed by atoms with Crippen LogP contribution in [0.15, 0.2) is 83.4 Å². The van der Waals surface area contributed by atoms with Crippen LogP contribution in [0.5, 0.6) is 0 Å². The third-order valence-corrected chi connectivity index (χ3v) is 7.08. The molecule has 1 aliphatic carbocycles. The molecule has 2 aromatic heterocycles. The fourth-order valence-electron chi connectivity index (χ4n) is 4.72. The summed E-state index contributed by atoms with van der Waals surface area (Å²) in [5, 5.41) is 21.6. The Bertz CT molecular complexity index is 1540. The van der Waals surface area contributed by atoms with E-state index in [9.17, 15) is 4.79 Å². The van der Waals surface area contributed by atoms with E-state index in [0.717, 1.165) is 40.9 Å². The number of tetrazole rings is 1. The van der Waals surface area contributed by atoms with E-state index >= 15 is 0 Å². The van der Waals surface area contributed by atoms with E-state index in [0.29, 0.717) is 17.1 Å². The highest BCUT2D eigenvalue weighted by molar-refractivity contribution is 5.91. The van der Waals surface area contributed by atoms with Gasteiger partial charge in [-0.2, -0.15) is 5.21 Å². The molecule has 38 heavy (non-hydrogen) atoms. The summed E-state index contributed by atoms with van der Waals surface area (Å²) in [6.07, 6.45) is 1.07. The zero-order valence-electron chi connectivity index (χ0n) is 21.0. The molecule has 190 valence electrons. The van der Waals surface area contributed by atoms with Gasteiger partial charge >= 0.3 is 6.09 Å². The summed E-state index contributed by atoms with van der Waals surface area (Å²) < 4.78 is 11.1. The average Bonchev–Trinajstić information content (AvgIpc) is 3.40. The van der Waals surface area contributed by atoms with Crippen LogP contribution in [-0.4, -0.2) is 31.9 Å². The second-order valence-electron chi connectivity index (χ2n) is 9.53. The maximum absolute atomic E-state index is 12.6. The fourth-order valence-corrected chi connectivity index (χ4v) is 4.72. The minimum Gasteiger partial charge on any atom is -0.441 e. The molecule has 0 bridgehead atoms. The van der Waals surface area contributed by atoms with Crippen LogP contribution in [0.3, 0.4) is 0 Å². The van der Waals surface area contributed by atoms with Crippen LogP contribution >= 0.6 is 0 Å². The van der Waals surface area contributed by atoms with Crippen LogP contribution in [0, 0.1) is 6.92 Å². The Morgan fingerprint density at radius 1 is 0.974 bits per heavy atom. The normalized spacial score (nSPS) is 14.6. The number of amides is 1. The van der Waals surface area contributed by atoms with Crippen LogP contribution in [0.1, 0.15) is 48.5 Å². The van der Waals surface area contributed by atoms with Crippen molar-refractivity contribution in [1.29, 1.82) is 0 Å². The summed E-state index contributed by atoms with van der Waals surface area (Å²) in [5.74, 6) is 1.23. The van der Waals surface area contributed by atoms with E-state index in [-0.39, 0.29) is 5.41 Å². The number of ether oxygens (including phenoxy) is 1. The molecule has 0 saturated heterocycles. The maximum Gasteiger partial charge on any atom is 0.412 e. The van der Waals surface area contributed by atoms with Crippen LogP contribution in [-0.2, 0) is 10.2 Å². The molecule has 1 unspecified atom stereocenters. The monoisotopic (exact) mass is 506 g/mol. The molecule has 2 N–H and O–H groups in total. The van der Waals surface area contributed by atoms with Gasteiger partial charge in [0, 0.05) is 5.56 Å². The number of H-pyrrole nitrogens is 1. The Hall–Kier alpha value is -4.79. The zero-order chi connectivity index (χ0) is 26.1. The van der Waals surface area contributed by atoms with Crippen molar-refractivity contribution in [2.75, 3.05) is 5.32 Å². The lowest BCUT2D eigenvalue weighted by atomic mass is 9.93. The van der Waals surface area contributed by atoms with Gasteiger partial charge in [0.2, 0.25) is 0 Å². The lowest BCUT2D eigenvalue weighted by Crippen LogP contribution is -2.16. The van der Waals surface area contributed by atoms with Gasteiger partial charge in [-0.15, -0.1) is 10.2 Å². The lowest BCUT2D eigenvalue weighted by molar-refractivity contribution is 0.121. The number of hydrogen-bond donors (Lipinski definition) is 2. The Kier molecular flexibility index (Phi) is 5.95. The van der Waals surface area contributed by atoms with Crippen LogP contribution < -0.4 is 5.32 Å². The largest absolute Gasteiger partial charge is 0.441 e. The molecule has 1 amide bonds. The van der Waals surface area contributed by atoms with Crippen molar-refractivity contribution in [3.05, 3.63) is 102 Å². The van der Waals surface area contributed by atoms with Crippen molar-refractivity contribution in [2.45, 2.75) is 38.2 Å². The SMILES string of the molecule is Cc1noc(-c2ccc(-c3ccc(C4(c5nn[nH]n5)CC4)cc3)cc2)c1NC(=O)OC(C)c1ccccc1. The zero-order valence-corrected chi connectivity index (χ0v) is 21.0. The molecule has 0 radical (unpaired) electrons. The van der Waals surface area contributed by atoms with Gasteiger partial charge in [-0.3, -0.25) is 5.32 Å². The van der Waals surface area contributed by atoms with Crippen molar-refractivity contribution in [3.63, 3.8) is 0 Å². The standard InChI is InChI=1S/C29H26N6O3/c1-18-25(30-28(36)37-19(2)20-6-4-3-5-7-20)26(38-33-18)23-10-8-21(9-11-23)22-12-14-24(15-13-22)29(16-17-29)27-31-34-35-32-27/h3-15,19H,16-17H2,1-2H3,(H,30,36)(H,31,32,34,35). The first-order valence-corrected chi connectivity index (χ1v) is 12.5. The summed E-state index contributed by atoms with van der Waals surface area (Å²) >= 11 is 0. The first kappa shape index (κ1) is 23.6. The van der Waals surface area contributed by atoms with Gasteiger partial charge in [-0.1, -0.05) is 89.2 Å². The summed E-state index contributed by atoms with van der Waals surface area (Å²) in [6, 6.07) is 26.0. The van der Waals surface area contributed by atoms with Gasteiger partial charge in [0.05, 0.1) is 5.41 Å². The van der Waals surface area contributed by atoms with Crippen molar-refractivity contribution in [1.82, 2.24) is 25.8 Å². The average molecular weight is 507 g/mol. The molecule has 3 aromatic carbocycles. The van der Waals surface area contributed by atoms with Crippen LogP contribution in [0.4, 0.5) is 10.5 Å². The van der Waals surface area contributed by atoms with E-state index < -0.39 is 12.2 Å². The summed E-state index contributed by atoms with van der Waals surface area (Å²) in [7, 11) is 0. The predicted molar refractivity (Wildman–Crippen MR) is 141 cm³/mol. The number of benzene rings is 3. The number of rotatable bonds is 7. The second-order valence-corrected chi connectivity index (χ2v) is 9.53. The van der Waals surface area contributed by atoms with E-state index in [1.54, 1.807) is 6.92 Å². The van der Waals surface area contributed by atoms with Crippen LogP contribution in [0.25, 0.3) is 22.5 Å². The lowest BCUT2D eigenvalue weighted by Gasteiger charge is -2.14. The topological polar surface area (TPSA) is 119 Å². The summed E-state index contributed by atoms with van der Waals surface area (Å²) in [5.41, 5.74) is 6.00. The first-order chi connectivity index (χ1) is 18.5. The number of carbonyl (C=O) groups is 1. The molecular formula is C29H26N6O3. The minimum atomic E-state index is -0.570. The number of anilines is 1. The van der Waals surface area contributed by atoms with Crippen molar-refractivity contribution < 1.29 is 14.1 Å². The van der Waals surface area contributed by atoms with Gasteiger partial charge in [-0.25, -0.2) is 4.79 Å². The van der Waals surface area contributed by atoms with Gasteiger partial charge < -0.3 is 9.26 Å². The minimum absolute atomic E-state index is 0.122. The predicted octanol–water partition coefficient (Wildman–Crippen LogP) is 6.22. The number of aromatic amines is 1. The Balaban J connectivity index is 1.17. The van der Waals surface area contributed by atoms with Crippen molar-refractivity contribution in [2.24, 2.45) is 0 Å². The Morgan fingerprint density at radius 3 is 2.26 bits per heavy atom. The molecule has 0 spiro atoms. The van der Waals surface area contributed by atoms with Crippen molar-refractivity contribution >= 4 is 11.8 Å². The number of hydrogen-bond acceptors (Lipinski definition) is 7. The summed E-state index contributed by atoms with van der Waals surface area (Å²) in [6.45, 7) is 3.61. The van der Waals surface area contributed by atoms with Gasteiger partial charge in [0.15, 0.2) is 11.6 Å². The number of nitrogens with one attached hydrogen (secondary N) is 2. The quantitative estimate of drug-likeness (QED) is 0.269. The maximum atomic E-state index is 12.6. The first-order valence-electron chi connectivity index (χ1n) is 12.5. The third-order valence-electron chi connectivity index (χ3n) is 7.08. The summed E-state index contributed by atoms with van der Waals surface area (Å²) in [4.78, 5) is 12.6. The Labute approximate surface area is 219 Å². The highest BCUT2D eigenvalue weighted by Gasteiger charge is 2.49. The number of nitrogens with zero attached hydrogens (tertiary/aromatic N) is 4. The Morgan fingerprint density at radius 2 is 1.63 bits per heavy atom. The number of carbonyl (C=O) groups excluding carboxylic acids is 1. The molecule has 1 atom stereocenters. The molecule has 6 rings (SSSR count). The molecule has 9 heteroatoms. The molecule has 0 aliphatic heterocycles. The van der Waals surface area contributed by atoms with Crippen molar-refractivity contribution in [3.8, 4) is 22.5 Å². The molecule has 9 nitrogen and oxygen atoms in total. The highest BCUT2D eigenvalue weighted by Crippen LogP contribution is 2.52. The van der Waals surface area contributed by atoms with E-state index in [1.807, 2.05) is 61.5 Å². The molecule has 5 aromatic rings. The number of aryl methyl sites for hydroxylation is 1. The molecule has 1 fully saturated rings. The molecule has 2 heterocycles. The smallest absolute Gasteiger partial charge is 0.412 e. The number of aromatic nitrogens is 5. The molecular weight excluding hydrogens is 480 g/mol. The molecule has 1 saturated carbocycles. The fraction of sp³-hybridized carbons (Fsp3) is 0.207. The highest BCUT2D eigenvalue weighted by atomic mass is 16.6. The molecule has 1 aliphatic rings. The van der Waals surface area contributed by atoms with Gasteiger partial charge in [0.1, 0.15) is 17.5 Å². The van der Waals surface area contributed by atoms with Gasteiger partial charge in [0.25, 0.3) is 0 Å².